The molecular formula is C58H62N6O14S4. The van der Waals surface area contributed by atoms with Gasteiger partial charge in [0.25, 0.3) is 26.0 Å². The van der Waals surface area contributed by atoms with Crippen LogP contribution in [0.15, 0.2) is 165 Å². The molecule has 432 valence electrons. The lowest BCUT2D eigenvalue weighted by Gasteiger charge is -2.36. The van der Waals surface area contributed by atoms with Gasteiger partial charge in [0.05, 0.1) is 43.0 Å². The van der Waals surface area contributed by atoms with Gasteiger partial charge in [-0.25, -0.2) is 27.9 Å². The molecular weight excluding hydrogens is 1130 g/mol. The summed E-state index contributed by atoms with van der Waals surface area (Å²) in [6.45, 7) is 6.15. The van der Waals surface area contributed by atoms with Gasteiger partial charge in [0.1, 0.15) is 72.6 Å². The average Bonchev–Trinajstić information content (AvgIpc) is 3.91. The number of hydrogen-bond acceptors (Lipinski definition) is 20. The Morgan fingerprint density at radius 1 is 0.756 bits per heavy atom. The van der Waals surface area contributed by atoms with Gasteiger partial charge < -0.3 is 28.4 Å². The molecule has 0 fully saturated rings. The second-order valence-electron chi connectivity index (χ2n) is 19.7. The van der Waals surface area contributed by atoms with E-state index in [0.717, 1.165) is 34.5 Å². The molecule has 2 heterocycles. The van der Waals surface area contributed by atoms with E-state index in [4.69, 9.17) is 32.6 Å². The highest BCUT2D eigenvalue weighted by atomic mass is 32.2. The average molecular weight is 1200 g/mol. The Balaban J connectivity index is 0.901. The summed E-state index contributed by atoms with van der Waals surface area (Å²) < 4.78 is 96.8. The van der Waals surface area contributed by atoms with Crippen LogP contribution < -0.4 is 23.7 Å². The number of carbonyl (C=O) groups excluding carboxylic acids is 3. The number of imide groups is 1. The van der Waals surface area contributed by atoms with Crippen molar-refractivity contribution in [1.29, 1.82) is 0 Å². The second-order valence-corrected chi connectivity index (χ2v) is 25.2. The Morgan fingerprint density at radius 2 is 1.39 bits per heavy atom. The fourth-order valence-electron chi connectivity index (χ4n) is 8.64. The van der Waals surface area contributed by atoms with Crippen molar-refractivity contribution in [3.05, 3.63) is 173 Å². The van der Waals surface area contributed by atoms with E-state index < -0.39 is 67.9 Å². The molecule has 1 aliphatic rings. The number of esters is 1. The molecule has 1 N–H and O–H groups in total. The smallest absolute Gasteiger partial charge is 0.417 e. The number of benzene rings is 6. The normalized spacial score (nSPS) is 14.0. The van der Waals surface area contributed by atoms with Crippen molar-refractivity contribution < 1.29 is 63.8 Å². The predicted octanol–water partition coefficient (Wildman–Crippen LogP) is 9.35. The molecule has 7 aromatic rings. The van der Waals surface area contributed by atoms with Crippen LogP contribution in [-0.2, 0) is 54.7 Å². The first-order valence-corrected chi connectivity index (χ1v) is 30.5. The van der Waals surface area contributed by atoms with Crippen molar-refractivity contribution in [1.82, 2.24) is 19.6 Å². The van der Waals surface area contributed by atoms with Crippen LogP contribution in [0, 0.1) is 6.92 Å². The number of sulfonamides is 1. The molecule has 0 saturated heterocycles. The number of aromatic nitrogens is 1. The summed E-state index contributed by atoms with van der Waals surface area (Å²) in [4.78, 5) is 46.8. The number of fused-ring (bicyclic) bond motifs is 1. The number of ether oxygens (including phenoxy) is 6. The number of methoxy groups -OCH3 is 3. The molecule has 20 nitrogen and oxygen atoms in total. The van der Waals surface area contributed by atoms with Gasteiger partial charge in [0.2, 0.25) is 4.34 Å². The van der Waals surface area contributed by atoms with E-state index in [9.17, 15) is 31.2 Å². The monoisotopic (exact) mass is 1190 g/mol. The summed E-state index contributed by atoms with van der Waals surface area (Å²) in [5.41, 5.74) is 1.55. The zero-order valence-electron chi connectivity index (χ0n) is 46.0. The molecule has 2 atom stereocenters. The van der Waals surface area contributed by atoms with E-state index in [0.29, 0.717) is 55.7 Å². The number of thioether (sulfide) groups is 1. The molecule has 2 amide bonds. The third kappa shape index (κ3) is 15.1. The molecule has 0 bridgehead atoms. The largest absolute Gasteiger partial charge is 0.497 e. The van der Waals surface area contributed by atoms with Crippen LogP contribution >= 0.6 is 23.1 Å². The van der Waals surface area contributed by atoms with E-state index in [1.165, 1.54) is 28.9 Å². The zero-order valence-corrected chi connectivity index (χ0v) is 49.3. The number of hydrogen-bond donors (Lipinski definition) is 1. The van der Waals surface area contributed by atoms with Gasteiger partial charge in [-0.1, -0.05) is 89.6 Å². The first-order valence-electron chi connectivity index (χ1n) is 25.7. The van der Waals surface area contributed by atoms with Crippen molar-refractivity contribution in [2.24, 2.45) is 10.3 Å². The van der Waals surface area contributed by atoms with Crippen molar-refractivity contribution in [3.63, 3.8) is 0 Å². The Hall–Kier alpha value is -7.61. The van der Waals surface area contributed by atoms with Crippen LogP contribution in [0.25, 0.3) is 10.2 Å². The Kier molecular flexibility index (Phi) is 19.6. The molecule has 82 heavy (non-hydrogen) atoms. The number of nitrogens with zero attached hydrogens (tertiary/aromatic N) is 5. The van der Waals surface area contributed by atoms with Crippen LogP contribution in [0.2, 0.25) is 0 Å². The van der Waals surface area contributed by atoms with Crippen LogP contribution in [0.5, 0.6) is 23.0 Å². The van der Waals surface area contributed by atoms with Gasteiger partial charge in [-0.2, -0.15) is 30.0 Å². The number of nitrogens with one attached hydrogen (secondary N) is 1. The SMILES string of the molecule is COC(=O)C(CSCc1cccc(OCCOS(=O)(=O)c2ccc(C)cc2)c1)N(C(=O)CN1CC(COc2ccc3nc(S(=O)(=O)NC(c4ccccc4)(c4ccc(OC)cc4)c4ccc(OC)cc4)sc3c2)N=N1)C(=O)OC(C)(C)C. The minimum absolute atomic E-state index is 0.0156. The number of carbonyl (C=O) groups is 3. The van der Waals surface area contributed by atoms with Crippen LogP contribution in [-0.4, -0.2) is 127 Å². The van der Waals surface area contributed by atoms with Crippen molar-refractivity contribution in [2.45, 2.75) is 65.9 Å². The molecule has 6 aromatic carbocycles. The van der Waals surface area contributed by atoms with Crippen molar-refractivity contribution in [2.75, 3.05) is 60.0 Å². The third-order valence-corrected chi connectivity index (χ3v) is 17.9. The highest BCUT2D eigenvalue weighted by Gasteiger charge is 2.43. The predicted molar refractivity (Wildman–Crippen MR) is 309 cm³/mol. The van der Waals surface area contributed by atoms with Gasteiger partial charge in [0.15, 0.2) is 0 Å². The lowest BCUT2D eigenvalue weighted by molar-refractivity contribution is -0.151. The van der Waals surface area contributed by atoms with Crippen molar-refractivity contribution in [3.8, 4) is 23.0 Å². The summed E-state index contributed by atoms with van der Waals surface area (Å²) >= 11 is 2.23. The van der Waals surface area contributed by atoms with Crippen LogP contribution in [0.4, 0.5) is 4.79 Å². The lowest BCUT2D eigenvalue weighted by atomic mass is 9.78. The fourth-order valence-corrected chi connectivity index (χ4v) is 13.2. The first-order chi connectivity index (χ1) is 39.2. The van der Waals surface area contributed by atoms with E-state index in [1.807, 2.05) is 67.6 Å². The van der Waals surface area contributed by atoms with E-state index in [2.05, 4.69) is 20.0 Å². The number of thiazole rings is 1. The number of rotatable bonds is 25. The van der Waals surface area contributed by atoms with Gasteiger partial charge in [-0.05, 0) is 117 Å². The molecule has 0 radical (unpaired) electrons. The maximum absolute atomic E-state index is 14.7. The maximum Gasteiger partial charge on any atom is 0.417 e. The lowest BCUT2D eigenvalue weighted by Crippen LogP contribution is -2.54. The Labute approximate surface area is 484 Å². The third-order valence-electron chi connectivity index (χ3n) is 12.6. The maximum atomic E-state index is 14.7. The molecule has 1 aliphatic heterocycles. The summed E-state index contributed by atoms with van der Waals surface area (Å²) in [5.74, 6) is 0.652. The zero-order chi connectivity index (χ0) is 58.7. The van der Waals surface area contributed by atoms with E-state index in [1.54, 1.807) is 108 Å². The minimum Gasteiger partial charge on any atom is -0.497 e. The molecule has 0 aliphatic carbocycles. The van der Waals surface area contributed by atoms with E-state index in [-0.39, 0.29) is 41.4 Å². The summed E-state index contributed by atoms with van der Waals surface area (Å²) in [5, 5.41) is 9.84. The highest BCUT2D eigenvalue weighted by molar-refractivity contribution is 7.98. The summed E-state index contributed by atoms with van der Waals surface area (Å²) in [6, 6.07) is 40.0. The van der Waals surface area contributed by atoms with Gasteiger partial charge in [0, 0.05) is 11.5 Å². The van der Waals surface area contributed by atoms with Gasteiger partial charge >= 0.3 is 12.1 Å². The Morgan fingerprint density at radius 3 is 2.02 bits per heavy atom. The molecule has 0 saturated carbocycles. The van der Waals surface area contributed by atoms with Crippen LogP contribution in [0.1, 0.15) is 48.6 Å². The molecule has 8 rings (SSSR count). The topological polar surface area (TPSA) is 240 Å². The molecule has 2 unspecified atom stereocenters. The summed E-state index contributed by atoms with van der Waals surface area (Å²) in [6.07, 6.45) is -1.05. The summed E-state index contributed by atoms with van der Waals surface area (Å²) in [7, 11) is -4.06. The van der Waals surface area contributed by atoms with Gasteiger partial charge in [-0.15, -0.1) is 11.3 Å². The second kappa shape index (κ2) is 26.5. The Bertz CT molecular complexity index is 3550. The number of aryl methyl sites for hydroxylation is 1. The number of amides is 2. The molecule has 1 aromatic heterocycles. The fraction of sp³-hybridized carbons (Fsp3) is 0.310. The van der Waals surface area contributed by atoms with Crippen LogP contribution in [0.3, 0.4) is 0 Å². The highest BCUT2D eigenvalue weighted by Crippen LogP contribution is 2.41. The molecule has 0 spiro atoms. The first kappa shape index (κ1) is 60.5. The molecule has 24 heteroatoms. The minimum atomic E-state index is -4.36. The van der Waals surface area contributed by atoms with E-state index >= 15 is 0 Å². The van der Waals surface area contributed by atoms with Gasteiger partial charge in [-0.3, -0.25) is 14.0 Å². The standard InChI is InChI=1S/C58H62N6O14S4/c1-39-16-27-49(28-17-39)82(70,71)77-31-30-75-47-15-11-12-40(32-47)37-79-38-51(54(66)74-7)64(56(67)78-57(2,3)4)53(65)35-63-34-44(60-62-63)36-76-48-26-29-50-52(33-48)80-55(59-50)81(68,69)61-58(41-13-9-8-10-14-41,42-18-22-45(72-5)23-19-42)43-20-24-46(73-6)25-21-43/h8-29,32-33,44,51,61H,30-31,34-38H2,1-7H3. The quantitative estimate of drug-likeness (QED) is 0.0243. The van der Waals surface area contributed by atoms with Crippen molar-refractivity contribution >= 4 is 71.4 Å².